The predicted octanol–water partition coefficient (Wildman–Crippen LogP) is 0.901. The standard InChI is InChI=1S/C10H11N3O/c14-10-7-3-1-2-4-8(7)13-9(12-10)5-6-11-13/h5-6H,1-4H2,(H,12,14). The van der Waals surface area contributed by atoms with Crippen molar-refractivity contribution >= 4 is 5.65 Å². The Hall–Kier alpha value is -1.58. The first-order valence-electron chi connectivity index (χ1n) is 4.94. The van der Waals surface area contributed by atoms with Gasteiger partial charge in [0.05, 0.1) is 11.9 Å². The summed E-state index contributed by atoms with van der Waals surface area (Å²) in [7, 11) is 0. The molecule has 2 heterocycles. The van der Waals surface area contributed by atoms with Crippen molar-refractivity contribution in [2.24, 2.45) is 0 Å². The Balaban J connectivity index is 2.45. The van der Waals surface area contributed by atoms with E-state index in [1.165, 1.54) is 0 Å². The topological polar surface area (TPSA) is 50.2 Å². The molecule has 4 heteroatoms. The van der Waals surface area contributed by atoms with Gasteiger partial charge < -0.3 is 4.98 Å². The molecule has 0 saturated carbocycles. The third kappa shape index (κ3) is 0.937. The van der Waals surface area contributed by atoms with Crippen molar-refractivity contribution in [1.29, 1.82) is 0 Å². The van der Waals surface area contributed by atoms with Crippen molar-refractivity contribution in [3.63, 3.8) is 0 Å². The second-order valence-corrected chi connectivity index (χ2v) is 3.71. The van der Waals surface area contributed by atoms with Crippen LogP contribution in [0.1, 0.15) is 24.1 Å². The SMILES string of the molecule is O=c1[nH]c2ccnn2c2c1CCCC2. The van der Waals surface area contributed by atoms with Crippen LogP contribution >= 0.6 is 0 Å². The highest BCUT2D eigenvalue weighted by atomic mass is 16.1. The van der Waals surface area contributed by atoms with Crippen molar-refractivity contribution in [2.45, 2.75) is 25.7 Å². The van der Waals surface area contributed by atoms with Crippen molar-refractivity contribution < 1.29 is 0 Å². The van der Waals surface area contributed by atoms with E-state index >= 15 is 0 Å². The summed E-state index contributed by atoms with van der Waals surface area (Å²) < 4.78 is 1.86. The lowest BCUT2D eigenvalue weighted by Gasteiger charge is -2.15. The van der Waals surface area contributed by atoms with E-state index in [1.54, 1.807) is 6.20 Å². The van der Waals surface area contributed by atoms with Crippen LogP contribution in [0, 0.1) is 0 Å². The number of aromatic nitrogens is 3. The number of H-pyrrole nitrogens is 1. The van der Waals surface area contributed by atoms with E-state index in [0.717, 1.165) is 42.6 Å². The first kappa shape index (κ1) is 7.79. The van der Waals surface area contributed by atoms with Crippen LogP contribution in [-0.2, 0) is 12.8 Å². The number of nitrogens with one attached hydrogen (secondary N) is 1. The number of aryl methyl sites for hydroxylation is 1. The van der Waals surface area contributed by atoms with E-state index in [9.17, 15) is 4.79 Å². The fourth-order valence-electron chi connectivity index (χ4n) is 2.17. The maximum Gasteiger partial charge on any atom is 0.254 e. The molecule has 3 rings (SSSR count). The molecule has 0 amide bonds. The summed E-state index contributed by atoms with van der Waals surface area (Å²) in [6, 6.07) is 1.83. The predicted molar refractivity (Wildman–Crippen MR) is 52.5 cm³/mol. The number of aromatic amines is 1. The quantitative estimate of drug-likeness (QED) is 0.669. The Morgan fingerprint density at radius 1 is 1.36 bits per heavy atom. The van der Waals surface area contributed by atoms with Gasteiger partial charge in [0.1, 0.15) is 5.65 Å². The first-order valence-corrected chi connectivity index (χ1v) is 4.94. The summed E-state index contributed by atoms with van der Waals surface area (Å²) in [5.74, 6) is 0. The van der Waals surface area contributed by atoms with E-state index in [1.807, 2.05) is 10.6 Å². The second-order valence-electron chi connectivity index (χ2n) is 3.71. The Labute approximate surface area is 80.6 Å². The molecule has 0 aliphatic heterocycles. The lowest BCUT2D eigenvalue weighted by Crippen LogP contribution is -2.22. The maximum atomic E-state index is 11.7. The number of nitrogens with zero attached hydrogens (tertiary/aromatic N) is 2. The van der Waals surface area contributed by atoms with Crippen LogP contribution in [-0.4, -0.2) is 14.6 Å². The Bertz CT molecular complexity index is 538. The van der Waals surface area contributed by atoms with Gasteiger partial charge >= 0.3 is 0 Å². The minimum Gasteiger partial charge on any atom is -0.307 e. The van der Waals surface area contributed by atoms with Crippen molar-refractivity contribution in [3.8, 4) is 0 Å². The van der Waals surface area contributed by atoms with Crippen LogP contribution in [0.2, 0.25) is 0 Å². The van der Waals surface area contributed by atoms with Crippen LogP contribution in [0.4, 0.5) is 0 Å². The molecule has 2 aromatic rings. The van der Waals surface area contributed by atoms with Crippen molar-refractivity contribution in [3.05, 3.63) is 33.9 Å². The largest absolute Gasteiger partial charge is 0.307 e. The summed E-state index contributed by atoms with van der Waals surface area (Å²) in [4.78, 5) is 14.5. The second kappa shape index (κ2) is 2.70. The number of fused-ring (bicyclic) bond motifs is 3. The summed E-state index contributed by atoms with van der Waals surface area (Å²) in [6.07, 6.45) is 5.85. The van der Waals surface area contributed by atoms with Gasteiger partial charge in [-0.05, 0) is 25.7 Å². The van der Waals surface area contributed by atoms with Gasteiger partial charge in [0.2, 0.25) is 0 Å². The molecular formula is C10H11N3O. The van der Waals surface area contributed by atoms with Crippen LogP contribution in [0.3, 0.4) is 0 Å². The molecule has 0 saturated heterocycles. The van der Waals surface area contributed by atoms with Crippen molar-refractivity contribution in [2.75, 3.05) is 0 Å². The third-order valence-corrected chi connectivity index (χ3v) is 2.85. The summed E-state index contributed by atoms with van der Waals surface area (Å²) >= 11 is 0. The monoisotopic (exact) mass is 189 g/mol. The van der Waals surface area contributed by atoms with Crippen LogP contribution in [0.15, 0.2) is 17.1 Å². The van der Waals surface area contributed by atoms with Gasteiger partial charge in [-0.1, -0.05) is 0 Å². The van der Waals surface area contributed by atoms with Gasteiger partial charge in [-0.15, -0.1) is 0 Å². The van der Waals surface area contributed by atoms with Crippen molar-refractivity contribution in [1.82, 2.24) is 14.6 Å². The Morgan fingerprint density at radius 2 is 2.21 bits per heavy atom. The van der Waals surface area contributed by atoms with Gasteiger partial charge in [-0.25, -0.2) is 4.52 Å². The lowest BCUT2D eigenvalue weighted by molar-refractivity contribution is 0.635. The molecule has 0 radical (unpaired) electrons. The minimum absolute atomic E-state index is 0.0627. The van der Waals surface area contributed by atoms with Gasteiger partial charge in [0.25, 0.3) is 5.56 Å². The van der Waals surface area contributed by atoms with E-state index in [2.05, 4.69) is 10.1 Å². The molecule has 1 aliphatic carbocycles. The molecule has 0 aromatic carbocycles. The van der Waals surface area contributed by atoms with Crippen LogP contribution < -0.4 is 5.56 Å². The molecule has 2 aromatic heterocycles. The molecule has 1 N–H and O–H groups in total. The molecule has 1 aliphatic rings. The molecule has 0 fully saturated rings. The Kier molecular flexibility index (Phi) is 1.50. The first-order chi connectivity index (χ1) is 6.86. The maximum absolute atomic E-state index is 11.7. The lowest BCUT2D eigenvalue weighted by atomic mass is 9.97. The molecule has 72 valence electrons. The number of hydrogen-bond donors (Lipinski definition) is 1. The van der Waals surface area contributed by atoms with Gasteiger partial charge in [0, 0.05) is 11.6 Å². The number of hydrogen-bond acceptors (Lipinski definition) is 2. The minimum atomic E-state index is 0.0627. The smallest absolute Gasteiger partial charge is 0.254 e. The van der Waals surface area contributed by atoms with Gasteiger partial charge in [0.15, 0.2) is 0 Å². The molecular weight excluding hydrogens is 178 g/mol. The summed E-state index contributed by atoms with van der Waals surface area (Å²) in [5.41, 5.74) is 2.89. The molecule has 14 heavy (non-hydrogen) atoms. The van der Waals surface area contributed by atoms with Crippen LogP contribution in [0.25, 0.3) is 5.65 Å². The third-order valence-electron chi connectivity index (χ3n) is 2.85. The zero-order valence-electron chi connectivity index (χ0n) is 7.79. The highest BCUT2D eigenvalue weighted by molar-refractivity contribution is 5.40. The summed E-state index contributed by atoms with van der Waals surface area (Å²) in [5, 5.41) is 4.22. The zero-order chi connectivity index (χ0) is 9.54. The molecule has 0 atom stereocenters. The fraction of sp³-hybridized carbons (Fsp3) is 0.400. The van der Waals surface area contributed by atoms with Crippen LogP contribution in [0.5, 0.6) is 0 Å². The van der Waals surface area contributed by atoms with E-state index in [0.29, 0.717) is 0 Å². The molecule has 0 spiro atoms. The fourth-order valence-corrected chi connectivity index (χ4v) is 2.17. The van der Waals surface area contributed by atoms with E-state index < -0.39 is 0 Å². The Morgan fingerprint density at radius 3 is 3.14 bits per heavy atom. The van der Waals surface area contributed by atoms with Gasteiger partial charge in [-0.2, -0.15) is 5.10 Å². The highest BCUT2D eigenvalue weighted by Gasteiger charge is 2.16. The highest BCUT2D eigenvalue weighted by Crippen LogP contribution is 2.17. The average Bonchev–Trinajstić information content (AvgIpc) is 2.66. The van der Waals surface area contributed by atoms with E-state index in [4.69, 9.17) is 0 Å². The normalized spacial score (nSPS) is 15.7. The molecule has 0 unspecified atom stereocenters. The average molecular weight is 189 g/mol. The number of rotatable bonds is 0. The van der Waals surface area contributed by atoms with Gasteiger partial charge in [-0.3, -0.25) is 4.79 Å². The molecule has 4 nitrogen and oxygen atoms in total. The molecule has 0 bridgehead atoms. The van der Waals surface area contributed by atoms with E-state index in [-0.39, 0.29) is 5.56 Å². The summed E-state index contributed by atoms with van der Waals surface area (Å²) in [6.45, 7) is 0. The zero-order valence-corrected chi connectivity index (χ0v) is 7.79.